The van der Waals surface area contributed by atoms with Crippen molar-refractivity contribution in [3.05, 3.63) is 28.5 Å². The monoisotopic (exact) mass is 350 g/mol. The van der Waals surface area contributed by atoms with Crippen molar-refractivity contribution in [2.45, 2.75) is 31.7 Å². The molecule has 112 valence electrons. The molecule has 6 heteroatoms. The summed E-state index contributed by atoms with van der Waals surface area (Å²) in [6.07, 6.45) is 6.21. The van der Waals surface area contributed by atoms with E-state index in [0.29, 0.717) is 12.0 Å². The second-order valence-electron chi connectivity index (χ2n) is 5.99. The molecule has 0 unspecified atom stereocenters. The first kappa shape index (κ1) is 13.7. The van der Waals surface area contributed by atoms with Crippen molar-refractivity contribution in [1.29, 1.82) is 0 Å². The molecule has 0 aliphatic carbocycles. The number of hydrogen-bond donors (Lipinski definition) is 0. The van der Waals surface area contributed by atoms with Crippen LogP contribution in [0.15, 0.2) is 17.0 Å². The third-order valence-electron chi connectivity index (χ3n) is 4.70. The maximum Gasteiger partial charge on any atom is 0.134 e. The summed E-state index contributed by atoms with van der Waals surface area (Å²) in [5, 5.41) is 0. The summed E-state index contributed by atoms with van der Waals surface area (Å²) in [4.78, 5) is 11.7. The number of likely N-dealkylation sites (tertiary alicyclic amines) is 1. The summed E-state index contributed by atoms with van der Waals surface area (Å²) in [6, 6.07) is 0.702. The molecule has 2 aromatic heterocycles. The number of rotatable bonds is 2. The van der Waals surface area contributed by atoms with Crippen LogP contribution in [0.3, 0.4) is 0 Å². The molecule has 0 aromatic carbocycles. The molecule has 0 N–H and O–H groups in total. The summed E-state index contributed by atoms with van der Waals surface area (Å²) >= 11 is 3.58. The van der Waals surface area contributed by atoms with Crippen molar-refractivity contribution >= 4 is 21.4 Å². The van der Waals surface area contributed by atoms with Gasteiger partial charge in [-0.2, -0.15) is 0 Å². The maximum atomic E-state index is 5.45. The molecule has 21 heavy (non-hydrogen) atoms. The van der Waals surface area contributed by atoms with Gasteiger partial charge in [0.2, 0.25) is 0 Å². The molecule has 0 bridgehead atoms. The quantitative estimate of drug-likeness (QED) is 0.833. The molecule has 2 fully saturated rings. The fourth-order valence-electron chi connectivity index (χ4n) is 3.48. The Kier molecular flexibility index (Phi) is 3.47. The molecule has 0 spiro atoms. The van der Waals surface area contributed by atoms with E-state index in [2.05, 4.69) is 30.2 Å². The van der Waals surface area contributed by atoms with Crippen LogP contribution in [0.2, 0.25) is 0 Å². The number of aromatic nitrogens is 3. The van der Waals surface area contributed by atoms with E-state index < -0.39 is 0 Å². The van der Waals surface area contributed by atoms with Gasteiger partial charge in [0.25, 0.3) is 0 Å². The lowest BCUT2D eigenvalue weighted by Gasteiger charge is -2.45. The molecular formula is C15H19BrN4O. The van der Waals surface area contributed by atoms with E-state index in [1.807, 2.05) is 19.3 Å². The lowest BCUT2D eigenvalue weighted by molar-refractivity contribution is 0.000248. The minimum absolute atomic E-state index is 0.522. The third-order valence-corrected chi connectivity index (χ3v) is 5.26. The zero-order valence-corrected chi connectivity index (χ0v) is 13.7. The lowest BCUT2D eigenvalue weighted by atomic mass is 9.94. The van der Waals surface area contributed by atoms with E-state index in [4.69, 9.17) is 9.72 Å². The van der Waals surface area contributed by atoms with Gasteiger partial charge in [-0.25, -0.2) is 4.98 Å². The Labute approximate surface area is 132 Å². The molecule has 2 aliphatic rings. The van der Waals surface area contributed by atoms with Gasteiger partial charge in [0.1, 0.15) is 15.9 Å². The topological polar surface area (TPSA) is 42.7 Å². The SMILES string of the molecule is Cc1nccn2c(C3CN(C4CCOCC4)C3)nc(Br)c12. The van der Waals surface area contributed by atoms with Crippen LogP contribution in [-0.2, 0) is 4.74 Å². The molecule has 0 atom stereocenters. The second-order valence-corrected chi connectivity index (χ2v) is 6.74. The summed E-state index contributed by atoms with van der Waals surface area (Å²) in [7, 11) is 0. The number of imidazole rings is 1. The van der Waals surface area contributed by atoms with E-state index in [-0.39, 0.29) is 0 Å². The first-order valence-corrected chi connectivity index (χ1v) is 8.34. The number of nitrogens with zero attached hydrogens (tertiary/aromatic N) is 4. The van der Waals surface area contributed by atoms with Gasteiger partial charge in [-0.1, -0.05) is 0 Å². The lowest BCUT2D eigenvalue weighted by Crippen LogP contribution is -2.52. The minimum atomic E-state index is 0.522. The van der Waals surface area contributed by atoms with Crippen molar-refractivity contribution in [3.8, 4) is 0 Å². The molecule has 2 aromatic rings. The van der Waals surface area contributed by atoms with E-state index >= 15 is 0 Å². The summed E-state index contributed by atoms with van der Waals surface area (Å²) < 4.78 is 8.55. The van der Waals surface area contributed by atoms with Gasteiger partial charge in [-0.05, 0) is 35.7 Å². The van der Waals surface area contributed by atoms with Gasteiger partial charge >= 0.3 is 0 Å². The van der Waals surface area contributed by atoms with Gasteiger partial charge in [-0.15, -0.1) is 0 Å². The van der Waals surface area contributed by atoms with Crippen LogP contribution in [0, 0.1) is 6.92 Å². The Morgan fingerprint density at radius 1 is 1.29 bits per heavy atom. The van der Waals surface area contributed by atoms with Crippen molar-refractivity contribution in [2.75, 3.05) is 26.3 Å². The maximum absolute atomic E-state index is 5.45. The zero-order valence-electron chi connectivity index (χ0n) is 12.1. The Balaban J connectivity index is 1.55. The predicted molar refractivity (Wildman–Crippen MR) is 83.6 cm³/mol. The smallest absolute Gasteiger partial charge is 0.134 e. The second kappa shape index (κ2) is 5.34. The van der Waals surface area contributed by atoms with Crippen LogP contribution in [0.5, 0.6) is 0 Å². The van der Waals surface area contributed by atoms with Crippen LogP contribution in [0.4, 0.5) is 0 Å². The first-order valence-electron chi connectivity index (χ1n) is 7.55. The molecule has 5 nitrogen and oxygen atoms in total. The Morgan fingerprint density at radius 2 is 2.05 bits per heavy atom. The minimum Gasteiger partial charge on any atom is -0.381 e. The van der Waals surface area contributed by atoms with E-state index in [1.54, 1.807) is 0 Å². The van der Waals surface area contributed by atoms with Crippen molar-refractivity contribution < 1.29 is 4.74 Å². The van der Waals surface area contributed by atoms with Gasteiger partial charge in [0, 0.05) is 50.7 Å². The van der Waals surface area contributed by atoms with E-state index in [9.17, 15) is 0 Å². The Morgan fingerprint density at radius 3 is 2.81 bits per heavy atom. The highest BCUT2D eigenvalue weighted by atomic mass is 79.9. The van der Waals surface area contributed by atoms with Crippen molar-refractivity contribution in [3.63, 3.8) is 0 Å². The fourth-order valence-corrected chi connectivity index (χ4v) is 4.14. The van der Waals surface area contributed by atoms with Crippen LogP contribution in [0.25, 0.3) is 5.52 Å². The van der Waals surface area contributed by atoms with Gasteiger partial charge < -0.3 is 4.74 Å². The number of hydrogen-bond acceptors (Lipinski definition) is 4. The number of halogens is 1. The van der Waals surface area contributed by atoms with Crippen LogP contribution in [0.1, 0.15) is 30.3 Å². The van der Waals surface area contributed by atoms with E-state index in [1.165, 1.54) is 12.8 Å². The molecule has 4 heterocycles. The highest BCUT2D eigenvalue weighted by Crippen LogP contribution is 2.33. The number of fused-ring (bicyclic) bond motifs is 1. The first-order chi connectivity index (χ1) is 10.2. The summed E-state index contributed by atoms with van der Waals surface area (Å²) in [5.74, 6) is 1.68. The van der Waals surface area contributed by atoms with Crippen LogP contribution >= 0.6 is 15.9 Å². The largest absolute Gasteiger partial charge is 0.381 e. The van der Waals surface area contributed by atoms with Crippen LogP contribution < -0.4 is 0 Å². The number of aryl methyl sites for hydroxylation is 1. The van der Waals surface area contributed by atoms with Gasteiger partial charge in [0.05, 0.1) is 5.69 Å². The highest BCUT2D eigenvalue weighted by Gasteiger charge is 2.36. The van der Waals surface area contributed by atoms with Gasteiger partial charge in [0.15, 0.2) is 0 Å². The van der Waals surface area contributed by atoms with E-state index in [0.717, 1.165) is 47.9 Å². The zero-order chi connectivity index (χ0) is 14.4. The average molecular weight is 351 g/mol. The Hall–Kier alpha value is -0.980. The normalized spacial score (nSPS) is 21.8. The summed E-state index contributed by atoms with van der Waals surface area (Å²) in [6.45, 7) is 6.07. The molecule has 0 radical (unpaired) electrons. The number of ether oxygens (including phenoxy) is 1. The molecule has 0 amide bonds. The molecule has 2 aliphatic heterocycles. The molecule has 4 rings (SSSR count). The van der Waals surface area contributed by atoms with Crippen LogP contribution in [-0.4, -0.2) is 51.6 Å². The molecule has 2 saturated heterocycles. The predicted octanol–water partition coefficient (Wildman–Crippen LogP) is 2.38. The van der Waals surface area contributed by atoms with Crippen molar-refractivity contribution in [2.24, 2.45) is 0 Å². The molecule has 0 saturated carbocycles. The highest BCUT2D eigenvalue weighted by molar-refractivity contribution is 9.10. The Bertz CT molecular complexity index is 659. The standard InChI is InChI=1S/C15H19BrN4O/c1-10-13-14(16)18-15(20(13)5-4-17-10)11-8-19(9-11)12-2-6-21-7-3-12/h4-5,11-12H,2-3,6-9H2,1H3. The van der Waals surface area contributed by atoms with Gasteiger partial charge in [-0.3, -0.25) is 14.3 Å². The third kappa shape index (κ3) is 2.29. The average Bonchev–Trinajstić information content (AvgIpc) is 2.77. The van der Waals surface area contributed by atoms with Crippen molar-refractivity contribution in [1.82, 2.24) is 19.3 Å². The summed E-state index contributed by atoms with van der Waals surface area (Å²) in [5.41, 5.74) is 2.11. The fraction of sp³-hybridized carbons (Fsp3) is 0.600. The molecular weight excluding hydrogens is 332 g/mol.